The molecule has 7 heteroatoms. The van der Waals surface area contributed by atoms with Crippen LogP contribution in [0, 0.1) is 6.92 Å². The number of fused-ring (bicyclic) bond motifs is 1. The maximum atomic E-state index is 13.2. The molecule has 1 fully saturated rings. The van der Waals surface area contributed by atoms with Crippen LogP contribution in [0.2, 0.25) is 0 Å². The van der Waals surface area contributed by atoms with Crippen molar-refractivity contribution in [3.63, 3.8) is 0 Å². The molecule has 3 aromatic rings. The fourth-order valence-corrected chi connectivity index (χ4v) is 3.76. The molecule has 0 amide bonds. The number of benzene rings is 1. The first kappa shape index (κ1) is 17.5. The monoisotopic (exact) mass is 364 g/mol. The second-order valence-corrected chi connectivity index (χ2v) is 7.26. The summed E-state index contributed by atoms with van der Waals surface area (Å²) in [5.74, 6) is 0.729. The van der Waals surface area contributed by atoms with Crippen molar-refractivity contribution in [2.24, 2.45) is 5.73 Å². The molecule has 6 N–H and O–H groups in total. The van der Waals surface area contributed by atoms with Gasteiger partial charge < -0.3 is 21.8 Å². The Labute approximate surface area is 157 Å². The van der Waals surface area contributed by atoms with Gasteiger partial charge in [-0.15, -0.1) is 0 Å². The highest BCUT2D eigenvalue weighted by Crippen LogP contribution is 2.30. The highest BCUT2D eigenvalue weighted by atomic mass is 16.1. The number of aromatic nitrogens is 3. The van der Waals surface area contributed by atoms with Gasteiger partial charge in [-0.05, 0) is 38.2 Å². The minimum Gasteiger partial charge on any atom is -0.368 e. The Balaban J connectivity index is 1.74. The van der Waals surface area contributed by atoms with E-state index in [2.05, 4.69) is 20.3 Å². The summed E-state index contributed by atoms with van der Waals surface area (Å²) in [6.45, 7) is 1.93. The second-order valence-electron chi connectivity index (χ2n) is 7.26. The van der Waals surface area contributed by atoms with E-state index in [0.717, 1.165) is 31.2 Å². The molecule has 7 nitrogen and oxygen atoms in total. The number of aromatic amines is 1. The lowest BCUT2D eigenvalue weighted by Gasteiger charge is -2.27. The minimum absolute atomic E-state index is 0.0542. The Morgan fingerprint density at radius 2 is 1.89 bits per heavy atom. The van der Waals surface area contributed by atoms with E-state index in [0.29, 0.717) is 28.0 Å². The summed E-state index contributed by atoms with van der Waals surface area (Å²) in [6, 6.07) is 8.09. The van der Waals surface area contributed by atoms with E-state index in [9.17, 15) is 4.79 Å². The van der Waals surface area contributed by atoms with Crippen molar-refractivity contribution in [1.29, 1.82) is 0 Å². The summed E-state index contributed by atoms with van der Waals surface area (Å²) < 4.78 is 0. The normalized spacial score (nSPS) is 19.9. The van der Waals surface area contributed by atoms with Gasteiger partial charge in [-0.25, -0.2) is 0 Å². The molecule has 1 aliphatic rings. The molecule has 140 valence electrons. The molecule has 27 heavy (non-hydrogen) atoms. The first-order chi connectivity index (χ1) is 13.0. The quantitative estimate of drug-likeness (QED) is 0.528. The lowest BCUT2D eigenvalue weighted by atomic mass is 9.91. The smallest absolute Gasteiger partial charge is 0.223 e. The van der Waals surface area contributed by atoms with Crippen LogP contribution in [-0.4, -0.2) is 32.8 Å². The standard InChI is InChI=1S/C20H24N6O/c1-11-4-2-3-5-14(11)17(27)15-10-23-18-16(15)19(26-20(22)25-18)24-13-8-6-12(21)7-9-13/h2-5,10,12-13H,6-9,21H2,1H3,(H4,22,23,24,25,26). The fourth-order valence-electron chi connectivity index (χ4n) is 3.76. The summed E-state index contributed by atoms with van der Waals surface area (Å²) >= 11 is 0. The zero-order valence-electron chi connectivity index (χ0n) is 15.3. The number of hydrogen-bond donors (Lipinski definition) is 4. The van der Waals surface area contributed by atoms with Crippen LogP contribution in [0.3, 0.4) is 0 Å². The van der Waals surface area contributed by atoms with Crippen LogP contribution in [0.5, 0.6) is 0 Å². The fraction of sp³-hybridized carbons (Fsp3) is 0.350. The van der Waals surface area contributed by atoms with Crippen LogP contribution < -0.4 is 16.8 Å². The van der Waals surface area contributed by atoms with Crippen molar-refractivity contribution in [3.05, 3.63) is 47.2 Å². The molecule has 0 spiro atoms. The molecule has 0 unspecified atom stereocenters. The van der Waals surface area contributed by atoms with Crippen molar-refractivity contribution in [2.75, 3.05) is 11.1 Å². The molecule has 0 aliphatic heterocycles. The van der Waals surface area contributed by atoms with E-state index >= 15 is 0 Å². The SMILES string of the molecule is Cc1ccccc1C(=O)c1c[nH]c2nc(N)nc(NC3CCC(N)CC3)c12. The largest absolute Gasteiger partial charge is 0.368 e. The van der Waals surface area contributed by atoms with Crippen molar-refractivity contribution in [1.82, 2.24) is 15.0 Å². The van der Waals surface area contributed by atoms with Crippen molar-refractivity contribution in [2.45, 2.75) is 44.7 Å². The maximum absolute atomic E-state index is 13.2. The number of hydrogen-bond acceptors (Lipinski definition) is 6. The number of carbonyl (C=O) groups is 1. The molecule has 2 heterocycles. The van der Waals surface area contributed by atoms with Gasteiger partial charge in [0.2, 0.25) is 5.95 Å². The minimum atomic E-state index is -0.0542. The van der Waals surface area contributed by atoms with Gasteiger partial charge in [0, 0.05) is 23.8 Å². The molecular formula is C20H24N6O. The number of H-pyrrole nitrogens is 1. The highest BCUT2D eigenvalue weighted by Gasteiger charge is 2.23. The van der Waals surface area contributed by atoms with Crippen LogP contribution in [0.25, 0.3) is 11.0 Å². The number of nitrogens with one attached hydrogen (secondary N) is 2. The first-order valence-electron chi connectivity index (χ1n) is 9.30. The third kappa shape index (κ3) is 3.38. The lowest BCUT2D eigenvalue weighted by Crippen LogP contribution is -2.33. The predicted octanol–water partition coefficient (Wildman–Crippen LogP) is 2.76. The van der Waals surface area contributed by atoms with Gasteiger partial charge in [0.1, 0.15) is 11.5 Å². The first-order valence-corrected chi connectivity index (χ1v) is 9.30. The van der Waals surface area contributed by atoms with Crippen molar-refractivity contribution >= 4 is 28.6 Å². The molecule has 0 bridgehead atoms. The number of anilines is 2. The lowest BCUT2D eigenvalue weighted by molar-refractivity contribution is 0.103. The van der Waals surface area contributed by atoms with E-state index in [1.54, 1.807) is 6.20 Å². The summed E-state index contributed by atoms with van der Waals surface area (Å²) in [5.41, 5.74) is 14.6. The van der Waals surface area contributed by atoms with Crippen LogP contribution in [0.4, 0.5) is 11.8 Å². The maximum Gasteiger partial charge on any atom is 0.223 e. The summed E-state index contributed by atoms with van der Waals surface area (Å²) in [5, 5.41) is 4.16. The van der Waals surface area contributed by atoms with E-state index in [-0.39, 0.29) is 23.8 Å². The van der Waals surface area contributed by atoms with Gasteiger partial charge in [-0.1, -0.05) is 24.3 Å². The molecule has 1 aromatic carbocycles. The second kappa shape index (κ2) is 7.00. The van der Waals surface area contributed by atoms with Gasteiger partial charge in [-0.3, -0.25) is 4.79 Å². The van der Waals surface area contributed by atoms with Gasteiger partial charge in [0.15, 0.2) is 5.78 Å². The zero-order chi connectivity index (χ0) is 19.0. The van der Waals surface area contributed by atoms with Gasteiger partial charge in [-0.2, -0.15) is 9.97 Å². The molecular weight excluding hydrogens is 340 g/mol. The third-order valence-electron chi connectivity index (χ3n) is 5.30. The molecule has 4 rings (SSSR count). The van der Waals surface area contributed by atoms with Gasteiger partial charge in [0.25, 0.3) is 0 Å². The Bertz CT molecular complexity index is 987. The Hall–Kier alpha value is -2.93. The van der Waals surface area contributed by atoms with E-state index in [4.69, 9.17) is 11.5 Å². The number of ketones is 1. The number of nitrogens with two attached hydrogens (primary N) is 2. The summed E-state index contributed by atoms with van der Waals surface area (Å²) in [7, 11) is 0. The molecule has 0 radical (unpaired) electrons. The predicted molar refractivity (Wildman–Crippen MR) is 107 cm³/mol. The zero-order valence-corrected chi connectivity index (χ0v) is 15.3. The van der Waals surface area contributed by atoms with Gasteiger partial charge in [0.05, 0.1) is 10.9 Å². The van der Waals surface area contributed by atoms with Crippen LogP contribution in [0.1, 0.15) is 47.2 Å². The molecule has 0 saturated heterocycles. The Morgan fingerprint density at radius 1 is 1.15 bits per heavy atom. The average Bonchev–Trinajstić information content (AvgIpc) is 3.07. The molecule has 0 atom stereocenters. The number of carbonyl (C=O) groups excluding carboxylic acids is 1. The topological polar surface area (TPSA) is 123 Å². The third-order valence-corrected chi connectivity index (χ3v) is 5.30. The van der Waals surface area contributed by atoms with E-state index in [1.165, 1.54) is 0 Å². The summed E-state index contributed by atoms with van der Waals surface area (Å²) in [6.07, 6.45) is 5.58. The van der Waals surface area contributed by atoms with Crippen molar-refractivity contribution < 1.29 is 4.79 Å². The van der Waals surface area contributed by atoms with Crippen LogP contribution in [-0.2, 0) is 0 Å². The van der Waals surface area contributed by atoms with Crippen LogP contribution in [0.15, 0.2) is 30.5 Å². The van der Waals surface area contributed by atoms with Crippen LogP contribution >= 0.6 is 0 Å². The van der Waals surface area contributed by atoms with Crippen molar-refractivity contribution in [3.8, 4) is 0 Å². The molecule has 1 saturated carbocycles. The molecule has 2 aromatic heterocycles. The number of rotatable bonds is 4. The Morgan fingerprint density at radius 3 is 2.63 bits per heavy atom. The van der Waals surface area contributed by atoms with E-state index < -0.39 is 0 Å². The average molecular weight is 364 g/mol. The Kier molecular flexibility index (Phi) is 4.53. The highest BCUT2D eigenvalue weighted by molar-refractivity contribution is 6.18. The number of aryl methyl sites for hydroxylation is 1. The summed E-state index contributed by atoms with van der Waals surface area (Å²) in [4.78, 5) is 24.9. The number of nitrogens with zero attached hydrogens (tertiary/aromatic N) is 2. The van der Waals surface area contributed by atoms with E-state index in [1.807, 2.05) is 31.2 Å². The van der Waals surface area contributed by atoms with Gasteiger partial charge >= 0.3 is 0 Å². The number of nitrogen functional groups attached to an aromatic ring is 1. The molecule has 1 aliphatic carbocycles.